The van der Waals surface area contributed by atoms with Crippen LogP contribution in [0.5, 0.6) is 0 Å². The standard InChI is InChI=1S/C16H10F5N3O2S/c17-12-6-1-9(7-13(12)18)14-8-15(16(19,20)21)22-24(14)11-4-2-10(3-5-11)23-27(25)26/h1-8,23H,(H,25,26)/p-1. The molecule has 1 N–H and O–H groups in total. The second kappa shape index (κ2) is 7.08. The SMILES string of the molecule is O=S([O-])Nc1ccc(-n2nc(C(F)(F)F)cc2-c2ccc(F)c(F)c2)cc1. The minimum atomic E-state index is -4.75. The third-order valence-electron chi connectivity index (χ3n) is 3.53. The number of aromatic nitrogens is 2. The smallest absolute Gasteiger partial charge is 0.435 e. The molecular weight excluding hydrogens is 393 g/mol. The van der Waals surface area contributed by atoms with Gasteiger partial charge < -0.3 is 9.27 Å². The van der Waals surface area contributed by atoms with Gasteiger partial charge in [-0.2, -0.15) is 18.3 Å². The summed E-state index contributed by atoms with van der Waals surface area (Å²) in [7, 11) is 0. The largest absolute Gasteiger partial charge is 0.755 e. The number of nitrogens with zero attached hydrogens (tertiary/aromatic N) is 2. The molecule has 0 fully saturated rings. The molecule has 0 radical (unpaired) electrons. The summed E-state index contributed by atoms with van der Waals surface area (Å²) in [5.41, 5.74) is -1.00. The molecule has 1 aromatic heterocycles. The van der Waals surface area contributed by atoms with E-state index in [1.807, 2.05) is 0 Å². The van der Waals surface area contributed by atoms with Crippen molar-refractivity contribution in [1.82, 2.24) is 9.78 Å². The Balaban J connectivity index is 2.11. The first kappa shape index (κ1) is 19.0. The molecule has 0 saturated heterocycles. The van der Waals surface area contributed by atoms with Gasteiger partial charge in [0.25, 0.3) is 0 Å². The van der Waals surface area contributed by atoms with E-state index < -0.39 is 34.8 Å². The van der Waals surface area contributed by atoms with Crippen molar-refractivity contribution in [1.29, 1.82) is 0 Å². The lowest BCUT2D eigenvalue weighted by molar-refractivity contribution is -0.141. The van der Waals surface area contributed by atoms with Gasteiger partial charge in [-0.3, -0.25) is 4.21 Å². The highest BCUT2D eigenvalue weighted by Gasteiger charge is 2.35. The molecule has 1 unspecified atom stereocenters. The van der Waals surface area contributed by atoms with Crippen LogP contribution in [0, 0.1) is 11.6 Å². The van der Waals surface area contributed by atoms with Crippen LogP contribution < -0.4 is 4.72 Å². The number of hydrogen-bond donors (Lipinski definition) is 1. The van der Waals surface area contributed by atoms with E-state index in [2.05, 4.69) is 9.82 Å². The van der Waals surface area contributed by atoms with E-state index in [1.54, 1.807) is 0 Å². The van der Waals surface area contributed by atoms with Crippen LogP contribution in [0.2, 0.25) is 0 Å². The van der Waals surface area contributed by atoms with Crippen LogP contribution in [0.1, 0.15) is 5.69 Å². The lowest BCUT2D eigenvalue weighted by atomic mass is 10.1. The fourth-order valence-electron chi connectivity index (χ4n) is 2.34. The van der Waals surface area contributed by atoms with Gasteiger partial charge in [0.15, 0.2) is 17.3 Å². The minimum absolute atomic E-state index is 0.0141. The highest BCUT2D eigenvalue weighted by molar-refractivity contribution is 7.80. The van der Waals surface area contributed by atoms with Gasteiger partial charge in [0.2, 0.25) is 0 Å². The maximum absolute atomic E-state index is 13.5. The maximum Gasteiger partial charge on any atom is 0.435 e. The Morgan fingerprint density at radius 2 is 1.67 bits per heavy atom. The monoisotopic (exact) mass is 402 g/mol. The molecule has 0 amide bonds. The van der Waals surface area contributed by atoms with E-state index in [0.717, 1.165) is 22.9 Å². The van der Waals surface area contributed by atoms with E-state index in [1.165, 1.54) is 24.3 Å². The van der Waals surface area contributed by atoms with Crippen molar-refractivity contribution in [2.45, 2.75) is 6.18 Å². The van der Waals surface area contributed by atoms with Crippen molar-refractivity contribution in [2.24, 2.45) is 0 Å². The molecule has 0 bridgehead atoms. The summed E-state index contributed by atoms with van der Waals surface area (Å²) in [6.07, 6.45) is -4.75. The quantitative estimate of drug-likeness (QED) is 0.529. The van der Waals surface area contributed by atoms with Crippen molar-refractivity contribution < 1.29 is 30.7 Å². The van der Waals surface area contributed by atoms with Crippen LogP contribution >= 0.6 is 0 Å². The van der Waals surface area contributed by atoms with E-state index >= 15 is 0 Å². The number of nitrogens with one attached hydrogen (secondary N) is 1. The van der Waals surface area contributed by atoms with Crippen molar-refractivity contribution in [3.8, 4) is 16.9 Å². The summed E-state index contributed by atoms with van der Waals surface area (Å²) in [5, 5.41) is 3.50. The normalized spacial score (nSPS) is 12.8. The van der Waals surface area contributed by atoms with Crippen LogP contribution in [-0.2, 0) is 17.4 Å². The van der Waals surface area contributed by atoms with Crippen LogP contribution in [0.4, 0.5) is 27.6 Å². The second-order valence-electron chi connectivity index (χ2n) is 5.34. The molecule has 27 heavy (non-hydrogen) atoms. The van der Waals surface area contributed by atoms with E-state index in [9.17, 15) is 30.7 Å². The molecule has 0 aliphatic carbocycles. The number of alkyl halides is 3. The molecule has 3 rings (SSSR count). The van der Waals surface area contributed by atoms with Crippen molar-refractivity contribution in [3.05, 3.63) is 65.9 Å². The number of rotatable bonds is 4. The number of benzene rings is 2. The van der Waals surface area contributed by atoms with Crippen LogP contribution in [0.15, 0.2) is 48.5 Å². The molecule has 0 aliphatic rings. The number of hydrogen-bond acceptors (Lipinski definition) is 3. The van der Waals surface area contributed by atoms with Crippen molar-refractivity contribution in [3.63, 3.8) is 0 Å². The summed E-state index contributed by atoms with van der Waals surface area (Å²) in [4.78, 5) is 0. The van der Waals surface area contributed by atoms with E-state index in [0.29, 0.717) is 6.07 Å². The van der Waals surface area contributed by atoms with Gasteiger partial charge in [0, 0.05) is 22.5 Å². The van der Waals surface area contributed by atoms with Gasteiger partial charge in [0.05, 0.1) is 11.4 Å². The Hall–Kier alpha value is -2.79. The zero-order valence-electron chi connectivity index (χ0n) is 13.1. The van der Waals surface area contributed by atoms with Gasteiger partial charge in [-0.15, -0.1) is 0 Å². The lowest BCUT2D eigenvalue weighted by Crippen LogP contribution is -2.07. The molecule has 11 heteroatoms. The van der Waals surface area contributed by atoms with Gasteiger partial charge in [-0.1, -0.05) is 0 Å². The zero-order valence-corrected chi connectivity index (χ0v) is 13.9. The van der Waals surface area contributed by atoms with E-state index in [4.69, 9.17) is 0 Å². The van der Waals surface area contributed by atoms with Crippen LogP contribution in [0.3, 0.4) is 0 Å². The second-order valence-corrected chi connectivity index (χ2v) is 6.01. The van der Waals surface area contributed by atoms with Crippen molar-refractivity contribution >= 4 is 17.0 Å². The Labute approximate surface area is 151 Å². The topological polar surface area (TPSA) is 70.0 Å². The van der Waals surface area contributed by atoms with Gasteiger partial charge >= 0.3 is 6.18 Å². The first-order valence-corrected chi connectivity index (χ1v) is 8.31. The fourth-order valence-corrected chi connectivity index (χ4v) is 2.67. The Morgan fingerprint density at radius 1 is 1.00 bits per heavy atom. The Bertz CT molecular complexity index is 1000. The third-order valence-corrected chi connectivity index (χ3v) is 3.93. The van der Waals surface area contributed by atoms with Crippen molar-refractivity contribution in [2.75, 3.05) is 4.72 Å². The molecular formula is C16H9F5N3O2S-. The summed E-state index contributed by atoms with van der Waals surface area (Å²) in [6.45, 7) is 0. The molecule has 5 nitrogen and oxygen atoms in total. The fraction of sp³-hybridized carbons (Fsp3) is 0.0625. The average Bonchev–Trinajstić information content (AvgIpc) is 3.03. The predicted octanol–water partition coefficient (Wildman–Crippen LogP) is 4.04. The summed E-state index contributed by atoms with van der Waals surface area (Å²) in [5.74, 6) is -2.35. The Kier molecular flexibility index (Phi) is 4.98. The molecule has 1 heterocycles. The number of halogens is 5. The van der Waals surface area contributed by atoms with Gasteiger partial charge in [-0.05, 0) is 48.5 Å². The molecule has 3 aromatic rings. The summed E-state index contributed by atoms with van der Waals surface area (Å²) >= 11 is -2.56. The highest BCUT2D eigenvalue weighted by Crippen LogP contribution is 2.33. The highest BCUT2D eigenvalue weighted by atomic mass is 32.2. The lowest BCUT2D eigenvalue weighted by Gasteiger charge is -2.11. The molecule has 1 atom stereocenters. The average molecular weight is 402 g/mol. The molecule has 0 aliphatic heterocycles. The van der Waals surface area contributed by atoms with Crippen LogP contribution in [0.25, 0.3) is 16.9 Å². The third kappa shape index (κ3) is 4.14. The first-order chi connectivity index (χ1) is 12.6. The summed E-state index contributed by atoms with van der Waals surface area (Å²) < 4.78 is 90.1. The molecule has 142 valence electrons. The Morgan fingerprint density at radius 3 is 2.22 bits per heavy atom. The van der Waals surface area contributed by atoms with Crippen LogP contribution in [-0.4, -0.2) is 18.5 Å². The number of anilines is 1. The van der Waals surface area contributed by atoms with Gasteiger partial charge in [0.1, 0.15) is 0 Å². The minimum Gasteiger partial charge on any atom is -0.755 e. The van der Waals surface area contributed by atoms with Gasteiger partial charge in [-0.25, -0.2) is 13.5 Å². The zero-order chi connectivity index (χ0) is 19.8. The summed E-state index contributed by atoms with van der Waals surface area (Å²) in [6, 6.07) is 8.68. The molecule has 0 saturated carbocycles. The first-order valence-electron chi connectivity index (χ1n) is 7.24. The predicted molar refractivity (Wildman–Crippen MR) is 86.5 cm³/mol. The van der Waals surface area contributed by atoms with E-state index in [-0.39, 0.29) is 22.6 Å². The maximum atomic E-state index is 13.5. The molecule has 2 aromatic carbocycles. The molecule has 0 spiro atoms.